The molecule has 0 radical (unpaired) electrons. The average Bonchev–Trinajstić information content (AvgIpc) is 2.80. The number of hydrogen-bond acceptors (Lipinski definition) is 7. The second-order valence-corrected chi connectivity index (χ2v) is 10.9. The summed E-state index contributed by atoms with van der Waals surface area (Å²) in [5.74, 6) is -0.584. The molecule has 1 saturated carbocycles. The molecule has 0 saturated heterocycles. The number of ether oxygens (including phenoxy) is 1. The van der Waals surface area contributed by atoms with Gasteiger partial charge in [0.15, 0.2) is 0 Å². The lowest BCUT2D eigenvalue weighted by Gasteiger charge is -2.27. The smallest absolute Gasteiger partial charge is 0.335 e. The van der Waals surface area contributed by atoms with E-state index in [1.165, 1.54) is 37.5 Å². The van der Waals surface area contributed by atoms with Crippen LogP contribution in [0, 0.1) is 19.8 Å². The summed E-state index contributed by atoms with van der Waals surface area (Å²) in [5, 5.41) is 9.23. The predicted octanol–water partition coefficient (Wildman–Crippen LogP) is 4.58. The fourth-order valence-corrected chi connectivity index (χ4v) is 5.27. The SMILES string of the molecule is Cc1cccc(C)c1-c1cc(OC[C@H](N)CC2CCC2)nc(NS(=O)(=O)c2cccc(C(=O)O)c2)n1.Cl. The number of halogens is 1. The number of anilines is 1. The number of nitrogens with zero attached hydrogens (tertiary/aromatic N) is 2. The Morgan fingerprint density at radius 2 is 1.81 bits per heavy atom. The van der Waals surface area contributed by atoms with Crippen molar-refractivity contribution in [3.05, 3.63) is 65.2 Å². The van der Waals surface area contributed by atoms with E-state index >= 15 is 0 Å². The molecule has 1 heterocycles. The number of aryl methyl sites for hydroxylation is 2. The molecule has 1 aliphatic rings. The number of carboxylic acids is 1. The van der Waals surface area contributed by atoms with Gasteiger partial charge in [0.05, 0.1) is 16.2 Å². The van der Waals surface area contributed by atoms with Crippen LogP contribution in [0.1, 0.15) is 47.2 Å². The Morgan fingerprint density at radius 3 is 2.43 bits per heavy atom. The van der Waals surface area contributed by atoms with E-state index in [2.05, 4.69) is 14.7 Å². The molecule has 198 valence electrons. The third kappa shape index (κ3) is 6.97. The maximum Gasteiger partial charge on any atom is 0.335 e. The minimum absolute atomic E-state index is 0. The summed E-state index contributed by atoms with van der Waals surface area (Å²) >= 11 is 0. The van der Waals surface area contributed by atoms with Crippen LogP contribution in [0.4, 0.5) is 5.95 Å². The molecule has 11 heteroatoms. The summed E-state index contributed by atoms with van der Waals surface area (Å²) in [6.07, 6.45) is 4.48. The van der Waals surface area contributed by atoms with Crippen molar-refractivity contribution < 1.29 is 23.1 Å². The molecule has 1 aliphatic carbocycles. The summed E-state index contributed by atoms with van der Waals surface area (Å²) in [4.78, 5) is 19.8. The van der Waals surface area contributed by atoms with Crippen LogP contribution in [-0.2, 0) is 10.0 Å². The summed E-state index contributed by atoms with van der Waals surface area (Å²) in [6, 6.07) is 12.4. The van der Waals surface area contributed by atoms with Crippen LogP contribution in [0.3, 0.4) is 0 Å². The Labute approximate surface area is 223 Å². The Kier molecular flexibility index (Phi) is 9.12. The number of sulfonamides is 1. The van der Waals surface area contributed by atoms with Crippen LogP contribution >= 0.6 is 12.4 Å². The van der Waals surface area contributed by atoms with Crippen LogP contribution in [0.2, 0.25) is 0 Å². The first-order chi connectivity index (χ1) is 17.1. The van der Waals surface area contributed by atoms with Gasteiger partial charge in [-0.1, -0.05) is 43.5 Å². The molecule has 37 heavy (non-hydrogen) atoms. The molecule has 1 aromatic heterocycles. The highest BCUT2D eigenvalue weighted by molar-refractivity contribution is 7.92. The zero-order valence-electron chi connectivity index (χ0n) is 20.7. The lowest BCUT2D eigenvalue weighted by atomic mass is 9.81. The Bertz CT molecular complexity index is 1360. The summed E-state index contributed by atoms with van der Waals surface area (Å²) in [7, 11) is -4.17. The first kappa shape index (κ1) is 28.4. The minimum Gasteiger partial charge on any atom is -0.478 e. The monoisotopic (exact) mass is 546 g/mol. The first-order valence-corrected chi connectivity index (χ1v) is 13.3. The number of nitrogens with two attached hydrogens (primary N) is 1. The molecule has 3 aromatic rings. The molecule has 2 aromatic carbocycles. The number of aromatic carboxylic acids is 1. The fourth-order valence-electron chi connectivity index (χ4n) is 4.28. The summed E-state index contributed by atoms with van der Waals surface area (Å²) in [5.41, 5.74) is 9.38. The van der Waals surface area contributed by atoms with E-state index in [0.717, 1.165) is 29.2 Å². The largest absolute Gasteiger partial charge is 0.478 e. The lowest BCUT2D eigenvalue weighted by molar-refractivity contribution is 0.0696. The van der Waals surface area contributed by atoms with E-state index in [4.69, 9.17) is 10.5 Å². The number of carboxylic acid groups (broad SMARTS) is 1. The van der Waals surface area contributed by atoms with Crippen molar-refractivity contribution >= 4 is 34.3 Å². The second-order valence-electron chi connectivity index (χ2n) is 9.22. The molecule has 0 bridgehead atoms. The highest BCUT2D eigenvalue weighted by Gasteiger charge is 2.22. The van der Waals surface area contributed by atoms with E-state index in [-0.39, 0.29) is 47.3 Å². The third-order valence-electron chi connectivity index (χ3n) is 6.36. The van der Waals surface area contributed by atoms with E-state index in [9.17, 15) is 18.3 Å². The number of carbonyl (C=O) groups is 1. The van der Waals surface area contributed by atoms with Crippen molar-refractivity contribution in [3.8, 4) is 17.1 Å². The number of rotatable bonds is 10. The Balaban J connectivity index is 0.00000380. The predicted molar refractivity (Wildman–Crippen MR) is 144 cm³/mol. The Morgan fingerprint density at radius 1 is 1.14 bits per heavy atom. The van der Waals surface area contributed by atoms with E-state index in [1.807, 2.05) is 32.0 Å². The maximum atomic E-state index is 13.1. The lowest BCUT2D eigenvalue weighted by Crippen LogP contribution is -2.32. The van der Waals surface area contributed by atoms with Gasteiger partial charge in [0.2, 0.25) is 11.8 Å². The molecule has 0 unspecified atom stereocenters. The van der Waals surface area contributed by atoms with Gasteiger partial charge in [0, 0.05) is 17.7 Å². The minimum atomic E-state index is -4.17. The average molecular weight is 547 g/mol. The molecule has 1 atom stereocenters. The van der Waals surface area contributed by atoms with Crippen LogP contribution in [-0.4, -0.2) is 42.1 Å². The van der Waals surface area contributed by atoms with Crippen molar-refractivity contribution in [2.24, 2.45) is 11.7 Å². The Hall–Kier alpha value is -3.21. The highest BCUT2D eigenvalue weighted by Crippen LogP contribution is 2.31. The van der Waals surface area contributed by atoms with E-state index in [1.54, 1.807) is 6.07 Å². The molecule has 4 rings (SSSR count). The van der Waals surface area contributed by atoms with Gasteiger partial charge in [-0.15, -0.1) is 12.4 Å². The second kappa shape index (κ2) is 11.9. The van der Waals surface area contributed by atoms with Gasteiger partial charge in [-0.3, -0.25) is 0 Å². The maximum absolute atomic E-state index is 13.1. The normalized spacial score (nSPS) is 14.2. The van der Waals surface area contributed by atoms with Gasteiger partial charge in [0.25, 0.3) is 10.0 Å². The molecule has 0 aliphatic heterocycles. The van der Waals surface area contributed by atoms with Gasteiger partial charge in [-0.2, -0.15) is 4.98 Å². The van der Waals surface area contributed by atoms with Gasteiger partial charge < -0.3 is 15.6 Å². The standard InChI is InChI=1S/C26H30N4O5S.ClH/c1-16-6-3-7-17(2)24(16)22-14-23(35-15-20(27)12-18-8-4-9-18)29-26(28-22)30-36(33,34)21-11-5-10-19(13-21)25(31)32;/h3,5-7,10-11,13-14,18,20H,4,8-9,12,15,27H2,1-2H3,(H,31,32)(H,28,29,30);1H/t20-;/m1./s1. The molecule has 1 fully saturated rings. The van der Waals surface area contributed by atoms with E-state index < -0.39 is 16.0 Å². The van der Waals surface area contributed by atoms with Crippen LogP contribution in [0.25, 0.3) is 11.3 Å². The molecule has 0 amide bonds. The molecular formula is C26H31ClN4O5S. The number of aromatic nitrogens is 2. The van der Waals surface area contributed by atoms with Crippen molar-refractivity contribution in [1.29, 1.82) is 0 Å². The molecule has 9 nitrogen and oxygen atoms in total. The third-order valence-corrected chi connectivity index (χ3v) is 7.69. The van der Waals surface area contributed by atoms with Crippen LogP contribution < -0.4 is 15.2 Å². The highest BCUT2D eigenvalue weighted by atomic mass is 35.5. The summed E-state index contributed by atoms with van der Waals surface area (Å²) in [6.45, 7) is 4.13. The van der Waals surface area contributed by atoms with Crippen molar-refractivity contribution in [2.75, 3.05) is 11.3 Å². The van der Waals surface area contributed by atoms with Crippen molar-refractivity contribution in [2.45, 2.75) is 50.5 Å². The van der Waals surface area contributed by atoms with Crippen LogP contribution in [0.15, 0.2) is 53.4 Å². The molecular weight excluding hydrogens is 516 g/mol. The fraction of sp³-hybridized carbons (Fsp3) is 0.346. The van der Waals surface area contributed by atoms with Crippen LogP contribution in [0.5, 0.6) is 5.88 Å². The number of nitrogens with one attached hydrogen (secondary N) is 1. The zero-order valence-corrected chi connectivity index (χ0v) is 22.3. The van der Waals surface area contributed by atoms with Crippen molar-refractivity contribution in [3.63, 3.8) is 0 Å². The molecule has 4 N–H and O–H groups in total. The first-order valence-electron chi connectivity index (χ1n) is 11.8. The van der Waals surface area contributed by atoms with Gasteiger partial charge in [0.1, 0.15) is 6.61 Å². The quantitative estimate of drug-likeness (QED) is 0.335. The van der Waals surface area contributed by atoms with Gasteiger partial charge in [-0.25, -0.2) is 22.9 Å². The van der Waals surface area contributed by atoms with Gasteiger partial charge in [-0.05, 0) is 55.5 Å². The van der Waals surface area contributed by atoms with Gasteiger partial charge >= 0.3 is 5.97 Å². The molecule has 0 spiro atoms. The topological polar surface area (TPSA) is 144 Å². The summed E-state index contributed by atoms with van der Waals surface area (Å²) < 4.78 is 34.4. The van der Waals surface area contributed by atoms with E-state index in [0.29, 0.717) is 11.6 Å². The zero-order chi connectivity index (χ0) is 25.9. The number of hydrogen-bond donors (Lipinski definition) is 3. The number of benzene rings is 2. The van der Waals surface area contributed by atoms with Crippen molar-refractivity contribution in [1.82, 2.24) is 9.97 Å².